The lowest BCUT2D eigenvalue weighted by molar-refractivity contribution is -0.211. The predicted octanol–water partition coefficient (Wildman–Crippen LogP) is 3.27. The smallest absolute Gasteiger partial charge is 0.192 e. The largest absolute Gasteiger partial charge is 0.408 e. The fraction of sp³-hybridized carbons (Fsp3) is 1.00. The minimum Gasteiger partial charge on any atom is -0.408 e. The van der Waals surface area contributed by atoms with Crippen LogP contribution in [0.5, 0.6) is 0 Å². The maximum absolute atomic E-state index is 6.49. The van der Waals surface area contributed by atoms with Gasteiger partial charge in [0, 0.05) is 0 Å². The van der Waals surface area contributed by atoms with Gasteiger partial charge in [0.25, 0.3) is 0 Å². The van der Waals surface area contributed by atoms with E-state index in [1.54, 1.807) is 0 Å². The molecule has 0 aromatic heterocycles. The van der Waals surface area contributed by atoms with Gasteiger partial charge in [-0.05, 0) is 38.9 Å². The summed E-state index contributed by atoms with van der Waals surface area (Å²) in [6.45, 7) is 17.1. The zero-order valence-corrected chi connectivity index (χ0v) is 14.4. The Morgan fingerprint density at radius 2 is 1.68 bits per heavy atom. The fourth-order valence-electron chi connectivity index (χ4n) is 2.32. The average Bonchev–Trinajstić information content (AvgIpc) is 2.59. The van der Waals surface area contributed by atoms with Crippen LogP contribution in [0.15, 0.2) is 0 Å². The maximum Gasteiger partial charge on any atom is 0.192 e. The van der Waals surface area contributed by atoms with E-state index in [1.165, 1.54) is 0 Å². The molecule has 4 atom stereocenters. The molecule has 0 spiro atoms. The van der Waals surface area contributed by atoms with Crippen LogP contribution in [0.4, 0.5) is 0 Å². The van der Waals surface area contributed by atoms with Crippen molar-refractivity contribution in [3.8, 4) is 0 Å². The minimum atomic E-state index is -1.83. The first-order chi connectivity index (χ1) is 8.43. The lowest BCUT2D eigenvalue weighted by Gasteiger charge is -2.40. The van der Waals surface area contributed by atoms with Gasteiger partial charge in [0.15, 0.2) is 20.4 Å². The summed E-state index contributed by atoms with van der Waals surface area (Å²) in [4.78, 5) is 0. The molecule has 2 rings (SSSR count). The topological polar surface area (TPSA) is 36.9 Å². The van der Waals surface area contributed by atoms with Gasteiger partial charge in [-0.3, -0.25) is 0 Å². The molecule has 0 saturated carbocycles. The van der Waals surface area contributed by atoms with Crippen molar-refractivity contribution >= 4 is 8.32 Å². The van der Waals surface area contributed by atoms with Crippen molar-refractivity contribution < 1.29 is 18.6 Å². The molecular weight excluding hydrogens is 260 g/mol. The zero-order chi connectivity index (χ0) is 14.6. The lowest BCUT2D eigenvalue weighted by Crippen LogP contribution is -2.49. The Morgan fingerprint density at radius 3 is 2.21 bits per heavy atom. The van der Waals surface area contributed by atoms with Gasteiger partial charge < -0.3 is 18.6 Å². The van der Waals surface area contributed by atoms with Gasteiger partial charge in [-0.15, -0.1) is 0 Å². The first-order valence-corrected chi connectivity index (χ1v) is 10.0. The molecule has 2 fully saturated rings. The molecule has 4 nitrogen and oxygen atoms in total. The van der Waals surface area contributed by atoms with Crippen molar-refractivity contribution in [1.29, 1.82) is 0 Å². The summed E-state index contributed by atoms with van der Waals surface area (Å²) in [7, 11) is -1.83. The minimum absolute atomic E-state index is 0.0141. The van der Waals surface area contributed by atoms with Crippen LogP contribution in [-0.4, -0.2) is 38.7 Å². The van der Waals surface area contributed by atoms with Crippen LogP contribution in [-0.2, 0) is 18.6 Å². The summed E-state index contributed by atoms with van der Waals surface area (Å²) in [6, 6.07) is 0. The van der Waals surface area contributed by atoms with Crippen molar-refractivity contribution in [3.63, 3.8) is 0 Å². The zero-order valence-electron chi connectivity index (χ0n) is 13.4. The van der Waals surface area contributed by atoms with Crippen LogP contribution in [0.3, 0.4) is 0 Å². The van der Waals surface area contributed by atoms with E-state index in [0.717, 1.165) is 0 Å². The highest BCUT2D eigenvalue weighted by Crippen LogP contribution is 2.43. The molecule has 0 aromatic rings. The van der Waals surface area contributed by atoms with Gasteiger partial charge in [0.2, 0.25) is 0 Å². The Bertz CT molecular complexity index is 348. The van der Waals surface area contributed by atoms with E-state index in [1.807, 2.05) is 20.8 Å². The molecule has 0 N–H and O–H groups in total. The molecule has 0 unspecified atom stereocenters. The second-order valence-electron chi connectivity index (χ2n) is 7.65. The van der Waals surface area contributed by atoms with Crippen LogP contribution < -0.4 is 0 Å². The van der Waals surface area contributed by atoms with Gasteiger partial charge >= 0.3 is 0 Å². The van der Waals surface area contributed by atoms with Gasteiger partial charge in [0.05, 0.1) is 6.10 Å². The van der Waals surface area contributed by atoms with Crippen molar-refractivity contribution in [2.75, 3.05) is 0 Å². The molecule has 2 aliphatic rings. The Kier molecular flexibility index (Phi) is 3.68. The van der Waals surface area contributed by atoms with Crippen molar-refractivity contribution in [2.24, 2.45) is 0 Å². The fourth-order valence-corrected chi connectivity index (χ4v) is 3.68. The van der Waals surface area contributed by atoms with Crippen molar-refractivity contribution in [1.82, 2.24) is 0 Å². The molecule has 0 radical (unpaired) electrons. The predicted molar refractivity (Wildman–Crippen MR) is 76.4 cm³/mol. The highest BCUT2D eigenvalue weighted by atomic mass is 28.4. The molecule has 112 valence electrons. The van der Waals surface area contributed by atoms with Crippen LogP contribution in [0.1, 0.15) is 41.5 Å². The lowest BCUT2D eigenvalue weighted by atomic mass is 10.2. The van der Waals surface area contributed by atoms with E-state index < -0.39 is 14.1 Å². The van der Waals surface area contributed by atoms with Crippen LogP contribution in [0.25, 0.3) is 0 Å². The van der Waals surface area contributed by atoms with E-state index in [-0.39, 0.29) is 29.6 Å². The summed E-state index contributed by atoms with van der Waals surface area (Å²) < 4.78 is 24.1. The number of hydrogen-bond acceptors (Lipinski definition) is 4. The summed E-state index contributed by atoms with van der Waals surface area (Å²) in [6.07, 6.45) is -0.424. The van der Waals surface area contributed by atoms with Gasteiger partial charge in [-0.25, -0.2) is 0 Å². The van der Waals surface area contributed by atoms with Crippen LogP contribution >= 0.6 is 0 Å². The maximum atomic E-state index is 6.49. The summed E-state index contributed by atoms with van der Waals surface area (Å²) in [5.74, 6) is -0.579. The standard InChI is InChI=1S/C14H28O4Si/c1-9-10(18-19(7,8)13(2,3)4)11-12(15-9)17-14(5,6)16-11/h9-12H,1-8H3/t9-,10-,11-,12-/m1/s1. The highest BCUT2D eigenvalue weighted by Gasteiger charge is 2.56. The normalized spacial score (nSPS) is 38.5. The van der Waals surface area contributed by atoms with Crippen molar-refractivity contribution in [2.45, 2.75) is 90.1 Å². The second-order valence-corrected chi connectivity index (χ2v) is 12.4. The molecule has 19 heavy (non-hydrogen) atoms. The second kappa shape index (κ2) is 4.53. The first kappa shape index (κ1) is 15.4. The Balaban J connectivity index is 2.12. The Morgan fingerprint density at radius 1 is 1.11 bits per heavy atom. The molecule has 0 aliphatic carbocycles. The summed E-state index contributed by atoms with van der Waals surface area (Å²) >= 11 is 0. The summed E-state index contributed by atoms with van der Waals surface area (Å²) in [5, 5.41) is 0.180. The molecular formula is C14H28O4Si. The number of ether oxygens (including phenoxy) is 3. The molecule has 0 bridgehead atoms. The van der Waals surface area contributed by atoms with Crippen molar-refractivity contribution in [3.05, 3.63) is 0 Å². The van der Waals surface area contributed by atoms with Crippen LogP contribution in [0.2, 0.25) is 18.1 Å². The molecule has 2 heterocycles. The van der Waals surface area contributed by atoms with E-state index in [0.29, 0.717) is 0 Å². The van der Waals surface area contributed by atoms with E-state index in [4.69, 9.17) is 18.6 Å². The molecule has 0 aromatic carbocycles. The van der Waals surface area contributed by atoms with Gasteiger partial charge in [0.1, 0.15) is 12.2 Å². The van der Waals surface area contributed by atoms with E-state index >= 15 is 0 Å². The van der Waals surface area contributed by atoms with Gasteiger partial charge in [-0.1, -0.05) is 20.8 Å². The first-order valence-electron chi connectivity index (χ1n) is 7.12. The number of fused-ring (bicyclic) bond motifs is 1. The monoisotopic (exact) mass is 288 g/mol. The molecule has 2 saturated heterocycles. The summed E-state index contributed by atoms with van der Waals surface area (Å²) in [5.41, 5.74) is 0. The van der Waals surface area contributed by atoms with Crippen LogP contribution in [0, 0.1) is 0 Å². The average molecular weight is 288 g/mol. The third-order valence-electron chi connectivity index (χ3n) is 4.46. The highest BCUT2D eigenvalue weighted by molar-refractivity contribution is 6.74. The van der Waals surface area contributed by atoms with Gasteiger partial charge in [-0.2, -0.15) is 0 Å². The van der Waals surface area contributed by atoms with E-state index in [2.05, 4.69) is 33.9 Å². The third-order valence-corrected chi connectivity index (χ3v) is 8.93. The molecule has 0 amide bonds. The van der Waals surface area contributed by atoms with E-state index in [9.17, 15) is 0 Å². The Labute approximate surface area is 117 Å². The molecule has 5 heteroatoms. The number of hydrogen-bond donors (Lipinski definition) is 0. The SMILES string of the molecule is C[C@H]1O[C@@H]2OC(C)(C)O[C@@H]2[C@@H]1O[Si](C)(C)C(C)(C)C. The Hall–Kier alpha value is 0.0569. The third kappa shape index (κ3) is 2.90. The quantitative estimate of drug-likeness (QED) is 0.731. The number of rotatable bonds is 2. The molecule has 2 aliphatic heterocycles.